The maximum atomic E-state index is 12.8. The maximum absolute atomic E-state index is 12.8. The molecule has 31 heavy (non-hydrogen) atoms. The van der Waals surface area contributed by atoms with Gasteiger partial charge in [-0.05, 0) is 61.9 Å². The summed E-state index contributed by atoms with van der Waals surface area (Å²) in [6, 6.07) is 16.5. The fraction of sp³-hybridized carbons (Fsp3) is 0.0909. The molecule has 2 aromatic carbocycles. The molecule has 0 atom stereocenters. The number of anilines is 1. The molecule has 0 saturated heterocycles. The highest BCUT2D eigenvalue weighted by Crippen LogP contribution is 2.30. The van der Waals surface area contributed by atoms with Crippen LogP contribution in [0, 0.1) is 13.8 Å². The summed E-state index contributed by atoms with van der Waals surface area (Å²) >= 11 is 7.38. The lowest BCUT2D eigenvalue weighted by molar-refractivity contribution is 0.0997. The maximum Gasteiger partial charge on any atom is 0.291 e. The molecule has 0 aliphatic carbocycles. The number of hydrogen-bond donors (Lipinski definition) is 1. The van der Waals surface area contributed by atoms with E-state index in [1.165, 1.54) is 11.3 Å². The molecule has 0 unspecified atom stereocenters. The van der Waals surface area contributed by atoms with Crippen LogP contribution >= 0.6 is 22.9 Å². The van der Waals surface area contributed by atoms with E-state index in [-0.39, 0.29) is 11.7 Å². The predicted molar refractivity (Wildman–Crippen MR) is 121 cm³/mol. The quantitative estimate of drug-likeness (QED) is 0.384. The normalized spacial score (nSPS) is 11.2. The number of aryl methyl sites for hydroxylation is 2. The largest absolute Gasteiger partial charge is 0.451 e. The Morgan fingerprint density at radius 2 is 1.81 bits per heavy atom. The molecule has 0 radical (unpaired) electrons. The Morgan fingerprint density at radius 3 is 2.58 bits per heavy atom. The van der Waals surface area contributed by atoms with Crippen LogP contribution in [0.15, 0.2) is 59.0 Å². The van der Waals surface area contributed by atoms with Gasteiger partial charge < -0.3 is 9.73 Å². The zero-order valence-corrected chi connectivity index (χ0v) is 18.2. The monoisotopic (exact) mass is 449 g/mol. The summed E-state index contributed by atoms with van der Waals surface area (Å²) in [5.41, 5.74) is 3.35. The Labute approximate surface area is 186 Å². The second-order valence-corrected chi connectivity index (χ2v) is 8.40. The predicted octanol–water partition coefficient (Wildman–Crippen LogP) is 5.64. The van der Waals surface area contributed by atoms with E-state index in [1.54, 1.807) is 28.8 Å². The molecular weight excluding hydrogens is 434 g/mol. The molecule has 3 heterocycles. The van der Waals surface area contributed by atoms with Gasteiger partial charge in [-0.25, -0.2) is 0 Å². The van der Waals surface area contributed by atoms with E-state index in [0.29, 0.717) is 16.5 Å². The number of rotatable bonds is 4. The first-order chi connectivity index (χ1) is 15.0. The summed E-state index contributed by atoms with van der Waals surface area (Å²) in [6.07, 6.45) is 0. The first kappa shape index (κ1) is 19.5. The van der Waals surface area contributed by atoms with Gasteiger partial charge in [0.15, 0.2) is 11.6 Å². The third-order valence-electron chi connectivity index (χ3n) is 4.84. The highest BCUT2D eigenvalue weighted by Gasteiger charge is 2.16. The van der Waals surface area contributed by atoms with Crippen LogP contribution in [0.3, 0.4) is 0 Å². The molecule has 3 aromatic heterocycles. The van der Waals surface area contributed by atoms with Crippen molar-refractivity contribution in [2.75, 3.05) is 5.32 Å². The average molecular weight is 450 g/mol. The van der Waals surface area contributed by atoms with E-state index in [1.807, 2.05) is 44.2 Å². The second-order valence-electron chi connectivity index (χ2n) is 7.00. The molecule has 9 heteroatoms. The van der Waals surface area contributed by atoms with Crippen LogP contribution in [0.25, 0.3) is 26.9 Å². The standard InChI is InChI=1S/C22H16ClN5O2S/c1-12-3-4-15(21-27-28-13(2)25-26-22(28)31-21)11-17(12)24-20(29)19-10-9-18(30-19)14-5-7-16(23)8-6-14/h3-11H,1-2H3,(H,24,29). The molecule has 5 aromatic rings. The van der Waals surface area contributed by atoms with Crippen molar-refractivity contribution in [3.05, 3.63) is 76.8 Å². The number of carbonyl (C=O) groups is 1. The topological polar surface area (TPSA) is 85.3 Å². The second kappa shape index (κ2) is 7.64. The molecule has 154 valence electrons. The third kappa shape index (κ3) is 3.71. The number of nitrogens with one attached hydrogen (secondary N) is 1. The van der Waals surface area contributed by atoms with E-state index >= 15 is 0 Å². The molecule has 7 nitrogen and oxygen atoms in total. The Balaban J connectivity index is 1.40. The molecule has 0 spiro atoms. The zero-order valence-electron chi connectivity index (χ0n) is 16.6. The van der Waals surface area contributed by atoms with Crippen LogP contribution in [-0.4, -0.2) is 25.7 Å². The van der Waals surface area contributed by atoms with Crippen molar-refractivity contribution in [3.63, 3.8) is 0 Å². The van der Waals surface area contributed by atoms with Crippen LogP contribution < -0.4 is 5.32 Å². The van der Waals surface area contributed by atoms with Crippen molar-refractivity contribution in [2.24, 2.45) is 0 Å². The lowest BCUT2D eigenvalue weighted by Gasteiger charge is -2.08. The number of nitrogens with zero attached hydrogens (tertiary/aromatic N) is 4. The van der Waals surface area contributed by atoms with Gasteiger partial charge in [0.25, 0.3) is 5.91 Å². The average Bonchev–Trinajstić information content (AvgIpc) is 3.48. The van der Waals surface area contributed by atoms with Crippen LogP contribution in [0.1, 0.15) is 21.9 Å². The van der Waals surface area contributed by atoms with Crippen molar-refractivity contribution in [1.29, 1.82) is 0 Å². The van der Waals surface area contributed by atoms with Gasteiger partial charge in [-0.1, -0.05) is 35.1 Å². The Morgan fingerprint density at radius 1 is 1.03 bits per heavy atom. The van der Waals surface area contributed by atoms with E-state index in [0.717, 1.165) is 32.5 Å². The first-order valence-electron chi connectivity index (χ1n) is 9.45. The van der Waals surface area contributed by atoms with Crippen LogP contribution in [0.5, 0.6) is 0 Å². The summed E-state index contributed by atoms with van der Waals surface area (Å²) in [5.74, 6) is 1.23. The summed E-state index contributed by atoms with van der Waals surface area (Å²) in [6.45, 7) is 3.79. The number of amides is 1. The van der Waals surface area contributed by atoms with Gasteiger partial charge in [-0.3, -0.25) is 4.79 Å². The fourth-order valence-electron chi connectivity index (χ4n) is 3.13. The van der Waals surface area contributed by atoms with Gasteiger partial charge in [0.05, 0.1) is 0 Å². The smallest absolute Gasteiger partial charge is 0.291 e. The number of furan rings is 1. The van der Waals surface area contributed by atoms with Crippen molar-refractivity contribution in [2.45, 2.75) is 13.8 Å². The fourth-order valence-corrected chi connectivity index (χ4v) is 4.14. The van der Waals surface area contributed by atoms with E-state index in [2.05, 4.69) is 20.6 Å². The lowest BCUT2D eigenvalue weighted by Crippen LogP contribution is -2.11. The van der Waals surface area contributed by atoms with Crippen LogP contribution in [-0.2, 0) is 0 Å². The van der Waals surface area contributed by atoms with Crippen LogP contribution in [0.2, 0.25) is 5.02 Å². The van der Waals surface area contributed by atoms with Crippen molar-refractivity contribution in [3.8, 4) is 21.9 Å². The van der Waals surface area contributed by atoms with E-state index < -0.39 is 0 Å². The number of fused-ring (bicyclic) bond motifs is 1. The highest BCUT2D eigenvalue weighted by molar-refractivity contribution is 7.19. The zero-order chi connectivity index (χ0) is 21.5. The molecule has 0 aliphatic heterocycles. The van der Waals surface area contributed by atoms with Gasteiger partial charge >= 0.3 is 0 Å². The minimum atomic E-state index is -0.325. The molecule has 0 fully saturated rings. The Kier molecular flexibility index (Phi) is 4.80. The van der Waals surface area contributed by atoms with Gasteiger partial charge in [0, 0.05) is 21.8 Å². The molecule has 1 amide bonds. The minimum Gasteiger partial charge on any atom is -0.451 e. The first-order valence-corrected chi connectivity index (χ1v) is 10.6. The summed E-state index contributed by atoms with van der Waals surface area (Å²) in [4.78, 5) is 13.5. The van der Waals surface area contributed by atoms with E-state index in [9.17, 15) is 4.79 Å². The highest BCUT2D eigenvalue weighted by atomic mass is 35.5. The van der Waals surface area contributed by atoms with E-state index in [4.69, 9.17) is 16.0 Å². The van der Waals surface area contributed by atoms with Gasteiger partial charge in [0.2, 0.25) is 4.96 Å². The van der Waals surface area contributed by atoms with Gasteiger partial charge in [-0.2, -0.15) is 9.61 Å². The summed E-state index contributed by atoms with van der Waals surface area (Å²) in [7, 11) is 0. The number of hydrogen-bond acceptors (Lipinski definition) is 6. The van der Waals surface area contributed by atoms with Crippen molar-refractivity contribution < 1.29 is 9.21 Å². The lowest BCUT2D eigenvalue weighted by atomic mass is 10.1. The third-order valence-corrected chi connectivity index (χ3v) is 6.04. The number of carbonyl (C=O) groups excluding carboxylic acids is 1. The number of benzene rings is 2. The summed E-state index contributed by atoms with van der Waals surface area (Å²) in [5, 5.41) is 17.1. The summed E-state index contributed by atoms with van der Waals surface area (Å²) < 4.78 is 7.46. The van der Waals surface area contributed by atoms with Gasteiger partial charge in [-0.15, -0.1) is 10.2 Å². The molecule has 0 aliphatic rings. The van der Waals surface area contributed by atoms with Crippen molar-refractivity contribution in [1.82, 2.24) is 19.8 Å². The molecule has 0 saturated carbocycles. The number of aromatic nitrogens is 4. The molecule has 1 N–H and O–H groups in total. The molecule has 0 bridgehead atoms. The number of halogens is 1. The molecule has 5 rings (SSSR count). The Hall–Kier alpha value is -3.49. The Bertz CT molecular complexity index is 1420. The van der Waals surface area contributed by atoms with Crippen molar-refractivity contribution >= 4 is 39.5 Å². The minimum absolute atomic E-state index is 0.226. The molecular formula is C22H16ClN5O2S. The SMILES string of the molecule is Cc1ccc(-c2nn3c(C)nnc3s2)cc1NC(=O)c1ccc(-c2ccc(Cl)cc2)o1. The van der Waals surface area contributed by atoms with Gasteiger partial charge in [0.1, 0.15) is 10.8 Å². The van der Waals surface area contributed by atoms with Crippen LogP contribution in [0.4, 0.5) is 5.69 Å².